The third kappa shape index (κ3) is 3.80. The molecule has 1 aliphatic carbocycles. The van der Waals surface area contributed by atoms with E-state index in [1.165, 1.54) is 11.8 Å². The second-order valence-electron chi connectivity index (χ2n) is 4.27. The smallest absolute Gasteiger partial charge is 0.303 e. The maximum absolute atomic E-state index is 10.4. The highest BCUT2D eigenvalue weighted by Gasteiger charge is 2.12. The van der Waals surface area contributed by atoms with Crippen LogP contribution in [0.1, 0.15) is 32.1 Å². The van der Waals surface area contributed by atoms with E-state index in [1.54, 1.807) is 6.26 Å². The number of aliphatic carboxylic acids is 1. The number of carbonyl (C=O) groups is 1. The first kappa shape index (κ1) is 12.5. The van der Waals surface area contributed by atoms with Gasteiger partial charge in [0.05, 0.1) is 6.42 Å². The molecule has 0 aromatic heterocycles. The lowest BCUT2D eigenvalue weighted by Crippen LogP contribution is -2.03. The van der Waals surface area contributed by atoms with E-state index in [0.29, 0.717) is 12.2 Å². The molecule has 4 heteroatoms. The number of hydrogen-bond donors (Lipinski definition) is 1. The number of rotatable bonds is 5. The number of hydrogen-bond acceptors (Lipinski definition) is 3. The largest absolute Gasteiger partial charge is 0.481 e. The van der Waals surface area contributed by atoms with Gasteiger partial charge in [-0.1, -0.05) is 23.8 Å². The van der Waals surface area contributed by atoms with Crippen molar-refractivity contribution in [1.82, 2.24) is 0 Å². The minimum atomic E-state index is -0.839. The molecule has 1 aliphatic heterocycles. The van der Waals surface area contributed by atoms with E-state index < -0.39 is 5.97 Å². The Morgan fingerprint density at radius 2 is 2.06 bits per heavy atom. The zero-order valence-electron chi connectivity index (χ0n) is 10.1. The van der Waals surface area contributed by atoms with Gasteiger partial charge in [0.15, 0.2) is 0 Å². The summed E-state index contributed by atoms with van der Waals surface area (Å²) in [4.78, 5) is 10.4. The van der Waals surface area contributed by atoms with Crippen molar-refractivity contribution in [1.29, 1.82) is 0 Å². The molecule has 1 heterocycles. The fourth-order valence-electron chi connectivity index (χ4n) is 1.79. The van der Waals surface area contributed by atoms with E-state index in [-0.39, 0.29) is 6.42 Å². The first-order valence-electron chi connectivity index (χ1n) is 6.02. The Bertz CT molecular complexity index is 441. The van der Waals surface area contributed by atoms with Gasteiger partial charge in [0.2, 0.25) is 0 Å². The lowest BCUT2D eigenvalue weighted by Gasteiger charge is -2.16. The monoisotopic (exact) mass is 248 g/mol. The summed E-state index contributed by atoms with van der Waals surface area (Å²) in [6, 6.07) is 0. The normalized spacial score (nSPS) is 18.1. The highest BCUT2D eigenvalue weighted by Crippen LogP contribution is 2.24. The van der Waals surface area contributed by atoms with Gasteiger partial charge in [-0.25, -0.2) is 0 Å². The van der Waals surface area contributed by atoms with E-state index in [2.05, 4.69) is 18.2 Å². The summed E-state index contributed by atoms with van der Waals surface area (Å²) in [6.45, 7) is 0. The first-order chi connectivity index (χ1) is 8.74. The van der Waals surface area contributed by atoms with Crippen LogP contribution >= 0.6 is 0 Å². The topological polar surface area (TPSA) is 55.8 Å². The van der Waals surface area contributed by atoms with Gasteiger partial charge in [0.25, 0.3) is 0 Å². The van der Waals surface area contributed by atoms with Crippen LogP contribution in [0, 0.1) is 0 Å². The molecule has 2 rings (SSSR count). The Morgan fingerprint density at radius 3 is 2.67 bits per heavy atom. The van der Waals surface area contributed by atoms with Crippen LogP contribution in [0.5, 0.6) is 0 Å². The van der Waals surface area contributed by atoms with Crippen molar-refractivity contribution in [2.24, 2.45) is 0 Å². The summed E-state index contributed by atoms with van der Waals surface area (Å²) in [5.41, 5.74) is 1.31. The van der Waals surface area contributed by atoms with Gasteiger partial charge < -0.3 is 14.6 Å². The second-order valence-corrected chi connectivity index (χ2v) is 4.27. The molecule has 0 radical (unpaired) electrons. The predicted octanol–water partition coefficient (Wildman–Crippen LogP) is 3.25. The van der Waals surface area contributed by atoms with E-state index in [4.69, 9.17) is 14.6 Å². The molecule has 0 spiro atoms. The van der Waals surface area contributed by atoms with Crippen LogP contribution in [-0.4, -0.2) is 11.1 Å². The second kappa shape index (κ2) is 6.10. The molecule has 0 unspecified atom stereocenters. The third-order valence-corrected chi connectivity index (χ3v) is 2.77. The molecule has 96 valence electrons. The van der Waals surface area contributed by atoms with Gasteiger partial charge in [0.1, 0.15) is 24.0 Å². The Labute approximate surface area is 106 Å². The van der Waals surface area contributed by atoms with Crippen molar-refractivity contribution in [2.45, 2.75) is 32.1 Å². The fraction of sp³-hybridized carbons (Fsp3) is 0.357. The van der Waals surface area contributed by atoms with Crippen LogP contribution in [0.3, 0.4) is 0 Å². The molecule has 4 nitrogen and oxygen atoms in total. The molecule has 0 atom stereocenters. The summed E-state index contributed by atoms with van der Waals surface area (Å²) < 4.78 is 10.8. The highest BCUT2D eigenvalue weighted by molar-refractivity contribution is 5.66. The fourth-order valence-corrected chi connectivity index (χ4v) is 1.79. The highest BCUT2D eigenvalue weighted by atomic mass is 16.5. The van der Waals surface area contributed by atoms with Crippen LogP contribution in [0.15, 0.2) is 47.8 Å². The molecule has 1 N–H and O–H groups in total. The van der Waals surface area contributed by atoms with Crippen LogP contribution in [0.2, 0.25) is 0 Å². The molecular weight excluding hydrogens is 232 g/mol. The van der Waals surface area contributed by atoms with Crippen molar-refractivity contribution in [2.75, 3.05) is 0 Å². The number of ether oxygens (including phenoxy) is 2. The lowest BCUT2D eigenvalue weighted by atomic mass is 10.0. The molecule has 0 bridgehead atoms. The summed E-state index contributed by atoms with van der Waals surface area (Å²) >= 11 is 0. The number of carboxylic acids is 1. The van der Waals surface area contributed by atoms with Crippen molar-refractivity contribution in [3.8, 4) is 0 Å². The average molecular weight is 248 g/mol. The quantitative estimate of drug-likeness (QED) is 0.811. The van der Waals surface area contributed by atoms with Gasteiger partial charge in [-0.3, -0.25) is 4.79 Å². The molecule has 0 fully saturated rings. The summed E-state index contributed by atoms with van der Waals surface area (Å²) in [6.07, 6.45) is 12.6. The summed E-state index contributed by atoms with van der Waals surface area (Å²) in [7, 11) is 0. The molecule has 0 saturated heterocycles. The molecule has 0 saturated carbocycles. The standard InChI is InChI=1S/C14H16O4/c15-14(16)7-6-12-9-18-13(10-17-12)8-11-4-2-1-3-5-11/h1-2,4,9-10H,3,5-8H2,(H,15,16). The van der Waals surface area contributed by atoms with Crippen LogP contribution in [-0.2, 0) is 14.3 Å². The minimum Gasteiger partial charge on any atom is -0.481 e. The molecule has 0 aromatic carbocycles. The zero-order valence-corrected chi connectivity index (χ0v) is 10.1. The predicted molar refractivity (Wildman–Crippen MR) is 66.3 cm³/mol. The van der Waals surface area contributed by atoms with Crippen LogP contribution < -0.4 is 0 Å². The summed E-state index contributed by atoms with van der Waals surface area (Å²) in [5, 5.41) is 8.56. The van der Waals surface area contributed by atoms with E-state index in [0.717, 1.165) is 25.0 Å². The molecule has 2 aliphatic rings. The third-order valence-electron chi connectivity index (χ3n) is 2.77. The van der Waals surface area contributed by atoms with Gasteiger partial charge in [-0.2, -0.15) is 0 Å². The van der Waals surface area contributed by atoms with Gasteiger partial charge in [-0.05, 0) is 12.8 Å². The number of allylic oxidation sites excluding steroid dienone is 5. The SMILES string of the molecule is O=C(O)CCC1=COC(CC2=CC=CCC2)=CO1. The average Bonchev–Trinajstić information content (AvgIpc) is 2.39. The zero-order chi connectivity index (χ0) is 12.8. The van der Waals surface area contributed by atoms with Gasteiger partial charge in [-0.15, -0.1) is 0 Å². The first-order valence-corrected chi connectivity index (χ1v) is 6.02. The maximum atomic E-state index is 10.4. The van der Waals surface area contributed by atoms with Gasteiger partial charge in [0, 0.05) is 12.8 Å². The Balaban J connectivity index is 1.79. The number of carboxylic acid groups (broad SMARTS) is 1. The van der Waals surface area contributed by atoms with E-state index >= 15 is 0 Å². The maximum Gasteiger partial charge on any atom is 0.303 e. The molecular formula is C14H16O4. The molecule has 0 amide bonds. The Morgan fingerprint density at radius 1 is 1.28 bits per heavy atom. The molecule has 18 heavy (non-hydrogen) atoms. The summed E-state index contributed by atoms with van der Waals surface area (Å²) in [5.74, 6) is 0.475. The lowest BCUT2D eigenvalue weighted by molar-refractivity contribution is -0.137. The van der Waals surface area contributed by atoms with Crippen LogP contribution in [0.25, 0.3) is 0 Å². The Hall–Kier alpha value is -1.97. The van der Waals surface area contributed by atoms with Crippen molar-refractivity contribution in [3.63, 3.8) is 0 Å². The molecule has 0 aromatic rings. The van der Waals surface area contributed by atoms with Crippen molar-refractivity contribution < 1.29 is 19.4 Å². The van der Waals surface area contributed by atoms with Crippen molar-refractivity contribution >= 4 is 5.97 Å². The van der Waals surface area contributed by atoms with Crippen LogP contribution in [0.4, 0.5) is 0 Å². The van der Waals surface area contributed by atoms with E-state index in [9.17, 15) is 4.79 Å². The Kier molecular flexibility index (Phi) is 4.23. The van der Waals surface area contributed by atoms with Crippen molar-refractivity contribution in [3.05, 3.63) is 47.8 Å². The van der Waals surface area contributed by atoms with E-state index in [1.807, 2.05) is 0 Å². The van der Waals surface area contributed by atoms with Gasteiger partial charge >= 0.3 is 5.97 Å². The minimum absolute atomic E-state index is 0.0499.